The van der Waals surface area contributed by atoms with Crippen LogP contribution in [-0.4, -0.2) is 19.9 Å². The number of nitrogens with zero attached hydrogens (tertiary/aromatic N) is 2. The molecule has 7 aromatic rings. The Morgan fingerprint density at radius 3 is 0.948 bits per heavy atom. The maximum absolute atomic E-state index is 6.37. The van der Waals surface area contributed by atoms with Crippen molar-refractivity contribution in [2.75, 3.05) is 5.73 Å². The summed E-state index contributed by atoms with van der Waals surface area (Å²) in [6, 6.07) is 36.8. The number of aromatic amines is 2. The Hall–Kier alpha value is -2.40. The molecule has 14 heteroatoms. The van der Waals surface area contributed by atoms with Crippen molar-refractivity contribution in [3.8, 4) is 44.5 Å². The molecule has 0 atom stereocenters. The van der Waals surface area contributed by atoms with E-state index in [-0.39, 0.29) is 0 Å². The van der Waals surface area contributed by atoms with Gasteiger partial charge >= 0.3 is 0 Å². The van der Waals surface area contributed by atoms with Gasteiger partial charge < -0.3 is 15.7 Å². The van der Waals surface area contributed by atoms with Crippen LogP contribution in [-0.2, 0) is 0 Å². The SMILES string of the molecule is Nc1ccc(-c2c3nc(c(-c4ccccc4)c4[nH]c(c(Br)c4Br)c(-c4ccccc4)c4nc(c(-c5ccccc5)c5[nH]c2c(Br)c5Br)C(Br)=C4Br)C(Br)=C3Br)cc1Br. The lowest BCUT2D eigenvalue weighted by atomic mass is 10.0. The third kappa shape index (κ3) is 6.90. The molecule has 0 saturated carbocycles. The van der Waals surface area contributed by atoms with Crippen LogP contribution in [0.5, 0.6) is 0 Å². The largest absolute Gasteiger partial charge is 0.398 e. The second-order valence-corrected chi connectivity index (χ2v) is 20.4. The summed E-state index contributed by atoms with van der Waals surface area (Å²) in [6.07, 6.45) is 0. The molecule has 3 aromatic heterocycles. The highest BCUT2D eigenvalue weighted by atomic mass is 79.9. The Morgan fingerprint density at radius 2 is 0.655 bits per heavy atom. The van der Waals surface area contributed by atoms with E-state index < -0.39 is 0 Å². The molecule has 0 amide bonds. The van der Waals surface area contributed by atoms with E-state index in [4.69, 9.17) is 15.7 Å². The molecule has 0 radical (unpaired) electrons. The van der Waals surface area contributed by atoms with Crippen molar-refractivity contribution in [1.82, 2.24) is 19.9 Å². The first-order chi connectivity index (χ1) is 28.0. The summed E-state index contributed by atoms with van der Waals surface area (Å²) in [5.41, 5.74) is 20.4. The highest BCUT2D eigenvalue weighted by Gasteiger charge is 2.31. The van der Waals surface area contributed by atoms with Gasteiger partial charge in [0.15, 0.2) is 0 Å². The van der Waals surface area contributed by atoms with E-state index >= 15 is 0 Å². The Morgan fingerprint density at radius 1 is 0.362 bits per heavy atom. The number of hydrogen-bond donors (Lipinski definition) is 3. The average Bonchev–Trinajstić information content (AvgIpc) is 3.89. The maximum Gasteiger partial charge on any atom is 0.0891 e. The number of rotatable bonds is 4. The lowest BCUT2D eigenvalue weighted by Crippen LogP contribution is -1.92. The van der Waals surface area contributed by atoms with Crippen LogP contribution in [0.3, 0.4) is 0 Å². The van der Waals surface area contributed by atoms with Crippen LogP contribution in [0.1, 0.15) is 22.8 Å². The second kappa shape index (κ2) is 16.5. The highest BCUT2D eigenvalue weighted by molar-refractivity contribution is 9.18. The minimum atomic E-state index is 0.624. The molecular weight excluding hydrogens is 1320 g/mol. The van der Waals surface area contributed by atoms with Crippen LogP contribution < -0.4 is 5.73 Å². The number of halogens is 9. The van der Waals surface area contributed by atoms with E-state index in [0.29, 0.717) is 11.4 Å². The number of fused-ring (bicyclic) bond motifs is 8. The summed E-state index contributed by atoms with van der Waals surface area (Å²) < 4.78 is 7.23. The summed E-state index contributed by atoms with van der Waals surface area (Å²) in [6.45, 7) is 0. The molecule has 2 aliphatic heterocycles. The predicted molar refractivity (Wildman–Crippen MR) is 275 cm³/mol. The normalized spacial score (nSPS) is 12.8. The van der Waals surface area contributed by atoms with Crippen molar-refractivity contribution < 1.29 is 0 Å². The van der Waals surface area contributed by atoms with Gasteiger partial charge in [0.1, 0.15) is 0 Å². The summed E-state index contributed by atoms with van der Waals surface area (Å²) in [4.78, 5) is 18.8. The Kier molecular flexibility index (Phi) is 11.6. The fourth-order valence-electron chi connectivity index (χ4n) is 7.19. The number of nitrogens with one attached hydrogen (secondary N) is 2. The molecule has 4 aromatic carbocycles. The number of aromatic nitrogens is 4. The molecule has 58 heavy (non-hydrogen) atoms. The number of nitrogens with two attached hydrogens (primary N) is 1. The summed E-state index contributed by atoms with van der Waals surface area (Å²) >= 11 is 35.9. The number of benzene rings is 4. The zero-order valence-electron chi connectivity index (χ0n) is 29.3. The Balaban J connectivity index is 1.63. The molecule has 0 saturated heterocycles. The maximum atomic E-state index is 6.37. The van der Waals surface area contributed by atoms with E-state index in [9.17, 15) is 0 Å². The molecule has 4 N–H and O–H groups in total. The molecule has 0 aliphatic carbocycles. The average molecular weight is 1340 g/mol. The van der Waals surface area contributed by atoms with Gasteiger partial charge in [-0.15, -0.1) is 0 Å². The predicted octanol–water partition coefficient (Wildman–Crippen LogP) is 17.6. The standard InChI is InChI=1S/C44H22Br9N5/c45-23-18-22(16-17-24(23)54)28-43-35(52)33(50)41(57-43)26(20-12-6-2-7-13-20)39-31(48)29(46)37(55-39)25(19-10-4-1-5-11-19)38-30(47)32(49)40(56-38)27(21-14-8-3-9-15-21)42-34(51)36(53)44(28)58-42/h1-18,55,58H,54H2. The summed E-state index contributed by atoms with van der Waals surface area (Å²) in [5, 5.41) is 0. The van der Waals surface area contributed by atoms with E-state index in [2.05, 4.69) is 190 Å². The number of H-pyrrole nitrogens is 2. The van der Waals surface area contributed by atoms with Crippen molar-refractivity contribution in [3.63, 3.8) is 0 Å². The molecule has 5 heterocycles. The molecule has 9 rings (SSSR count). The molecule has 0 fully saturated rings. The van der Waals surface area contributed by atoms with Gasteiger partial charge in [0.25, 0.3) is 0 Å². The third-order valence-corrected chi connectivity index (χ3v) is 18.9. The minimum absolute atomic E-state index is 0.624. The molecule has 8 bridgehead atoms. The summed E-state index contributed by atoms with van der Waals surface area (Å²) in [7, 11) is 0. The monoisotopic (exact) mass is 1330 g/mol. The van der Waals surface area contributed by atoms with Gasteiger partial charge in [-0.2, -0.15) is 0 Å². The fraction of sp³-hybridized carbons (Fsp3) is 0. The Labute approximate surface area is 408 Å². The fourth-order valence-corrected chi connectivity index (χ4v) is 11.5. The van der Waals surface area contributed by atoms with Gasteiger partial charge in [0.05, 0.1) is 80.7 Å². The van der Waals surface area contributed by atoms with Crippen molar-refractivity contribution in [2.45, 2.75) is 0 Å². The zero-order valence-corrected chi connectivity index (χ0v) is 43.5. The third-order valence-electron chi connectivity index (χ3n) is 9.85. The smallest absolute Gasteiger partial charge is 0.0891 e. The van der Waals surface area contributed by atoms with Crippen molar-refractivity contribution in [1.29, 1.82) is 0 Å². The first kappa shape index (κ1) is 41.0. The van der Waals surface area contributed by atoms with Gasteiger partial charge in [0, 0.05) is 32.4 Å². The van der Waals surface area contributed by atoms with Gasteiger partial charge in [0.2, 0.25) is 0 Å². The van der Waals surface area contributed by atoms with E-state index in [1.807, 2.05) is 72.8 Å². The molecule has 2 aliphatic rings. The second-order valence-electron chi connectivity index (χ2n) is 13.2. The van der Waals surface area contributed by atoms with Crippen LogP contribution in [0.15, 0.2) is 132 Å². The van der Waals surface area contributed by atoms with Gasteiger partial charge in [-0.3, -0.25) is 0 Å². The van der Waals surface area contributed by atoms with E-state index in [0.717, 1.165) is 124 Å². The lowest BCUT2D eigenvalue weighted by Gasteiger charge is -2.09. The molecule has 0 unspecified atom stereocenters. The zero-order chi connectivity index (χ0) is 40.6. The lowest BCUT2D eigenvalue weighted by molar-refractivity contribution is 1.31. The number of anilines is 1. The summed E-state index contributed by atoms with van der Waals surface area (Å²) in [5.74, 6) is 0. The van der Waals surface area contributed by atoms with Crippen LogP contribution in [0.4, 0.5) is 5.69 Å². The first-order valence-corrected chi connectivity index (χ1v) is 24.5. The van der Waals surface area contributed by atoms with Gasteiger partial charge in [-0.25, -0.2) is 9.97 Å². The van der Waals surface area contributed by atoms with Crippen LogP contribution in [0.25, 0.3) is 84.5 Å². The quantitative estimate of drug-likeness (QED) is 0.154. The van der Waals surface area contributed by atoms with Crippen molar-refractivity contribution in [2.24, 2.45) is 0 Å². The minimum Gasteiger partial charge on any atom is -0.398 e. The Bertz CT molecular complexity index is 3060. The molecule has 0 spiro atoms. The highest BCUT2D eigenvalue weighted by Crippen LogP contribution is 2.53. The van der Waals surface area contributed by atoms with Crippen LogP contribution >= 0.6 is 143 Å². The van der Waals surface area contributed by atoms with Gasteiger partial charge in [-0.05, 0) is 178 Å². The van der Waals surface area contributed by atoms with Crippen LogP contribution in [0.2, 0.25) is 0 Å². The van der Waals surface area contributed by atoms with E-state index in [1.54, 1.807) is 0 Å². The number of nitrogen functional groups attached to an aromatic ring is 1. The van der Waals surface area contributed by atoms with Crippen LogP contribution in [0, 0.1) is 0 Å². The molecule has 5 nitrogen and oxygen atoms in total. The van der Waals surface area contributed by atoms with E-state index in [1.165, 1.54) is 0 Å². The van der Waals surface area contributed by atoms with Crippen molar-refractivity contribution in [3.05, 3.63) is 154 Å². The van der Waals surface area contributed by atoms with Crippen molar-refractivity contribution >= 4 is 189 Å². The number of hydrogen-bond acceptors (Lipinski definition) is 3. The van der Waals surface area contributed by atoms with Gasteiger partial charge in [-0.1, -0.05) is 97.1 Å². The molecule has 286 valence electrons. The topological polar surface area (TPSA) is 83.4 Å². The molecular formula is C44H22Br9N5. The first-order valence-electron chi connectivity index (χ1n) is 17.4.